The van der Waals surface area contributed by atoms with Crippen LogP contribution in [-0.4, -0.2) is 69.3 Å². The third-order valence-electron chi connectivity index (χ3n) is 5.06. The first-order chi connectivity index (χ1) is 14.7. The third-order valence-corrected chi connectivity index (χ3v) is 5.06. The Kier molecular flexibility index (Phi) is 6.14. The fraction of sp³-hybridized carbons (Fsp3) is 0.273. The molecule has 2 amide bonds. The molecule has 0 radical (unpaired) electrons. The maximum atomic E-state index is 12.7. The number of aromatic nitrogens is 3. The largest absolute Gasteiger partial charge is 0.351 e. The predicted octanol–water partition coefficient (Wildman–Crippen LogP) is 1.34. The molecule has 1 saturated heterocycles. The smallest absolute Gasteiger partial charge is 0.276 e. The Morgan fingerprint density at radius 3 is 2.27 bits per heavy atom. The molecule has 0 spiro atoms. The van der Waals surface area contributed by atoms with Crippen molar-refractivity contribution in [3.63, 3.8) is 0 Å². The number of rotatable bonds is 6. The van der Waals surface area contributed by atoms with Crippen molar-refractivity contribution in [3.05, 3.63) is 78.1 Å². The molecule has 0 saturated carbocycles. The summed E-state index contributed by atoms with van der Waals surface area (Å²) in [5, 5.41) is 11.5. The quantitative estimate of drug-likeness (QED) is 0.670. The van der Waals surface area contributed by atoms with Crippen molar-refractivity contribution in [1.82, 2.24) is 30.1 Å². The summed E-state index contributed by atoms with van der Waals surface area (Å²) in [7, 11) is 0. The average Bonchev–Trinajstić information content (AvgIpc) is 3.29. The van der Waals surface area contributed by atoms with Gasteiger partial charge in [-0.2, -0.15) is 9.90 Å². The molecule has 2 aromatic carbocycles. The Hall–Kier alpha value is -3.52. The van der Waals surface area contributed by atoms with Crippen LogP contribution in [0.5, 0.6) is 0 Å². The molecule has 3 aromatic rings. The molecule has 30 heavy (non-hydrogen) atoms. The van der Waals surface area contributed by atoms with Gasteiger partial charge in [0.15, 0.2) is 5.69 Å². The second-order valence-electron chi connectivity index (χ2n) is 7.19. The monoisotopic (exact) mass is 404 g/mol. The van der Waals surface area contributed by atoms with E-state index in [1.165, 1.54) is 11.0 Å². The molecule has 0 bridgehead atoms. The van der Waals surface area contributed by atoms with Gasteiger partial charge in [0.1, 0.15) is 0 Å². The number of hydrogen-bond acceptors (Lipinski definition) is 5. The average molecular weight is 404 g/mol. The van der Waals surface area contributed by atoms with Crippen molar-refractivity contribution >= 4 is 11.8 Å². The van der Waals surface area contributed by atoms with Crippen LogP contribution in [0.4, 0.5) is 0 Å². The van der Waals surface area contributed by atoms with E-state index in [2.05, 4.69) is 20.4 Å². The van der Waals surface area contributed by atoms with Gasteiger partial charge in [-0.3, -0.25) is 14.5 Å². The van der Waals surface area contributed by atoms with Crippen molar-refractivity contribution in [1.29, 1.82) is 0 Å². The van der Waals surface area contributed by atoms with Gasteiger partial charge in [-0.15, -0.1) is 5.10 Å². The number of nitrogens with one attached hydrogen (secondary N) is 1. The number of carbonyl (C=O) groups is 2. The molecule has 8 nitrogen and oxygen atoms in total. The highest BCUT2D eigenvalue weighted by molar-refractivity contribution is 5.92. The Bertz CT molecular complexity index is 981. The second kappa shape index (κ2) is 9.32. The van der Waals surface area contributed by atoms with Crippen LogP contribution >= 0.6 is 0 Å². The number of piperazine rings is 1. The van der Waals surface area contributed by atoms with Crippen LogP contribution in [0, 0.1) is 0 Å². The van der Waals surface area contributed by atoms with Crippen LogP contribution < -0.4 is 5.32 Å². The minimum atomic E-state index is -0.134. The maximum Gasteiger partial charge on any atom is 0.276 e. The molecule has 1 fully saturated rings. The number of benzene rings is 2. The first-order valence-electron chi connectivity index (χ1n) is 9.99. The zero-order valence-electron chi connectivity index (χ0n) is 16.6. The van der Waals surface area contributed by atoms with Crippen LogP contribution in [0.15, 0.2) is 66.9 Å². The van der Waals surface area contributed by atoms with Crippen LogP contribution in [0.3, 0.4) is 0 Å². The standard InChI is InChI=1S/C22H24N6O2/c29-21(23-15-18-7-3-1-4-8-18)17-26-11-13-27(14-12-26)22(30)20-16-24-28(25-20)19-9-5-2-6-10-19/h1-10,16H,11-15,17H2,(H,23,29). The lowest BCUT2D eigenvalue weighted by atomic mass is 10.2. The maximum absolute atomic E-state index is 12.7. The highest BCUT2D eigenvalue weighted by atomic mass is 16.2. The van der Waals surface area contributed by atoms with E-state index >= 15 is 0 Å². The number of hydrogen-bond donors (Lipinski definition) is 1. The lowest BCUT2D eigenvalue weighted by molar-refractivity contribution is -0.122. The van der Waals surface area contributed by atoms with Crippen LogP contribution in [0.1, 0.15) is 16.1 Å². The topological polar surface area (TPSA) is 83.4 Å². The van der Waals surface area contributed by atoms with E-state index in [0.717, 1.165) is 11.3 Å². The van der Waals surface area contributed by atoms with Gasteiger partial charge < -0.3 is 10.2 Å². The van der Waals surface area contributed by atoms with Gasteiger partial charge in [0.25, 0.3) is 5.91 Å². The summed E-state index contributed by atoms with van der Waals surface area (Å²) in [5.41, 5.74) is 2.21. The Morgan fingerprint density at radius 1 is 0.900 bits per heavy atom. The molecule has 0 unspecified atom stereocenters. The molecular formula is C22H24N6O2. The van der Waals surface area contributed by atoms with E-state index in [1.54, 1.807) is 4.90 Å². The van der Waals surface area contributed by atoms with E-state index in [-0.39, 0.29) is 11.8 Å². The molecule has 1 aliphatic rings. The number of amides is 2. The van der Waals surface area contributed by atoms with E-state index < -0.39 is 0 Å². The first-order valence-corrected chi connectivity index (χ1v) is 9.99. The van der Waals surface area contributed by atoms with Gasteiger partial charge in [0.2, 0.25) is 5.91 Å². The summed E-state index contributed by atoms with van der Waals surface area (Å²) in [6.07, 6.45) is 1.50. The number of nitrogens with zero attached hydrogens (tertiary/aromatic N) is 5. The Morgan fingerprint density at radius 2 is 1.57 bits per heavy atom. The summed E-state index contributed by atoms with van der Waals surface area (Å²) in [5.74, 6) is -0.144. The summed E-state index contributed by atoms with van der Waals surface area (Å²) >= 11 is 0. The van der Waals surface area contributed by atoms with E-state index in [1.807, 2.05) is 60.7 Å². The van der Waals surface area contributed by atoms with E-state index in [0.29, 0.717) is 45.0 Å². The van der Waals surface area contributed by atoms with Crippen molar-refractivity contribution in [3.8, 4) is 5.69 Å². The van der Waals surface area contributed by atoms with Gasteiger partial charge >= 0.3 is 0 Å². The molecular weight excluding hydrogens is 380 g/mol. The van der Waals surface area contributed by atoms with Crippen molar-refractivity contribution in [2.75, 3.05) is 32.7 Å². The fourth-order valence-corrected chi connectivity index (χ4v) is 3.37. The molecule has 0 aliphatic carbocycles. The lowest BCUT2D eigenvalue weighted by Crippen LogP contribution is -2.51. The SMILES string of the molecule is O=C(CN1CCN(C(=O)c2cnn(-c3ccccc3)n2)CC1)NCc1ccccc1. The molecule has 1 aliphatic heterocycles. The Balaban J connectivity index is 1.25. The number of carbonyl (C=O) groups excluding carboxylic acids is 2. The summed E-state index contributed by atoms with van der Waals surface area (Å²) in [4.78, 5) is 30.2. The van der Waals surface area contributed by atoms with Gasteiger partial charge in [-0.25, -0.2) is 0 Å². The molecule has 0 atom stereocenters. The molecule has 4 rings (SSSR count). The van der Waals surface area contributed by atoms with Crippen molar-refractivity contribution < 1.29 is 9.59 Å². The van der Waals surface area contributed by atoms with E-state index in [9.17, 15) is 9.59 Å². The Labute approximate surface area is 175 Å². The molecule has 1 aromatic heterocycles. The van der Waals surface area contributed by atoms with Crippen LogP contribution in [-0.2, 0) is 11.3 Å². The first kappa shape index (κ1) is 19.8. The molecule has 1 N–H and O–H groups in total. The van der Waals surface area contributed by atoms with E-state index in [4.69, 9.17) is 0 Å². The second-order valence-corrected chi connectivity index (χ2v) is 7.19. The van der Waals surface area contributed by atoms with Gasteiger partial charge in [-0.05, 0) is 17.7 Å². The summed E-state index contributed by atoms with van der Waals surface area (Å²) in [6.45, 7) is 3.27. The lowest BCUT2D eigenvalue weighted by Gasteiger charge is -2.33. The number of para-hydroxylation sites is 1. The van der Waals surface area contributed by atoms with Gasteiger partial charge in [-0.1, -0.05) is 48.5 Å². The minimum Gasteiger partial charge on any atom is -0.351 e. The molecule has 2 heterocycles. The fourth-order valence-electron chi connectivity index (χ4n) is 3.37. The van der Waals surface area contributed by atoms with Gasteiger partial charge in [0.05, 0.1) is 18.4 Å². The highest BCUT2D eigenvalue weighted by Gasteiger charge is 2.25. The third kappa shape index (κ3) is 4.90. The van der Waals surface area contributed by atoms with Crippen LogP contribution in [0.2, 0.25) is 0 Å². The van der Waals surface area contributed by atoms with Crippen LogP contribution in [0.25, 0.3) is 5.69 Å². The van der Waals surface area contributed by atoms with Crippen molar-refractivity contribution in [2.24, 2.45) is 0 Å². The minimum absolute atomic E-state index is 0.00978. The predicted molar refractivity (Wildman–Crippen MR) is 112 cm³/mol. The summed E-state index contributed by atoms with van der Waals surface area (Å²) < 4.78 is 0. The van der Waals surface area contributed by atoms with Gasteiger partial charge in [0, 0.05) is 32.7 Å². The van der Waals surface area contributed by atoms with Crippen molar-refractivity contribution in [2.45, 2.75) is 6.54 Å². The molecule has 8 heteroatoms. The summed E-state index contributed by atoms with van der Waals surface area (Å²) in [6, 6.07) is 19.3. The zero-order chi connectivity index (χ0) is 20.8. The highest BCUT2D eigenvalue weighted by Crippen LogP contribution is 2.09. The normalized spacial score (nSPS) is 14.5. The zero-order valence-corrected chi connectivity index (χ0v) is 16.6. The molecule has 154 valence electrons.